The molecule has 3 heteroatoms. The van der Waals surface area contributed by atoms with Gasteiger partial charge < -0.3 is 9.51 Å². The van der Waals surface area contributed by atoms with Gasteiger partial charge in [0.2, 0.25) is 0 Å². The van der Waals surface area contributed by atoms with Gasteiger partial charge in [-0.25, -0.2) is 0 Å². The first-order chi connectivity index (χ1) is 8.15. The topological polar surface area (TPSA) is 41.8 Å². The summed E-state index contributed by atoms with van der Waals surface area (Å²) in [5.74, 6) is 0.866. The van der Waals surface area contributed by atoms with E-state index in [2.05, 4.69) is 41.3 Å². The Morgan fingerprint density at radius 3 is 2.65 bits per heavy atom. The van der Waals surface area contributed by atoms with Crippen molar-refractivity contribution in [1.82, 2.24) is 10.1 Å². The second kappa shape index (κ2) is 3.48. The molecule has 0 aliphatic carbocycles. The predicted octanol–water partition coefficient (Wildman–Crippen LogP) is 3.75. The Hall–Kier alpha value is -2.03. The number of hydrogen-bond acceptors (Lipinski definition) is 2. The lowest BCUT2D eigenvalue weighted by Crippen LogP contribution is -1.81. The lowest BCUT2D eigenvalue weighted by Gasteiger charge is -2.00. The Labute approximate surface area is 99.4 Å². The highest BCUT2D eigenvalue weighted by molar-refractivity contribution is 5.86. The maximum Gasteiger partial charge on any atom is 0.141 e. The number of fused-ring (bicyclic) bond motifs is 1. The van der Waals surface area contributed by atoms with Crippen LogP contribution >= 0.6 is 0 Å². The average molecular weight is 226 g/mol. The number of aromatic nitrogens is 2. The van der Waals surface area contributed by atoms with Crippen LogP contribution in [0.2, 0.25) is 0 Å². The molecule has 0 fully saturated rings. The summed E-state index contributed by atoms with van der Waals surface area (Å²) in [7, 11) is 0. The van der Waals surface area contributed by atoms with E-state index in [0.29, 0.717) is 0 Å². The van der Waals surface area contributed by atoms with Crippen molar-refractivity contribution in [2.24, 2.45) is 0 Å². The molecule has 2 aromatic heterocycles. The Balaban J connectivity index is 2.24. The van der Waals surface area contributed by atoms with Crippen LogP contribution in [0.4, 0.5) is 0 Å². The van der Waals surface area contributed by atoms with Crippen molar-refractivity contribution in [1.29, 1.82) is 0 Å². The summed E-state index contributed by atoms with van der Waals surface area (Å²) in [5, 5.41) is 5.23. The van der Waals surface area contributed by atoms with Gasteiger partial charge in [0.15, 0.2) is 0 Å². The largest absolute Gasteiger partial charge is 0.361 e. The van der Waals surface area contributed by atoms with Gasteiger partial charge in [0.05, 0.1) is 5.69 Å². The van der Waals surface area contributed by atoms with Crippen molar-refractivity contribution in [3.05, 3.63) is 41.4 Å². The Bertz CT molecular complexity index is 672. The number of aryl methyl sites for hydroxylation is 3. The molecule has 1 aromatic carbocycles. The van der Waals surface area contributed by atoms with Crippen molar-refractivity contribution in [3.63, 3.8) is 0 Å². The van der Waals surface area contributed by atoms with Crippen LogP contribution in [0.25, 0.3) is 22.0 Å². The first kappa shape index (κ1) is 10.1. The third kappa shape index (κ3) is 1.55. The van der Waals surface area contributed by atoms with Crippen molar-refractivity contribution in [3.8, 4) is 11.1 Å². The molecule has 0 unspecified atom stereocenters. The number of hydrogen-bond donors (Lipinski definition) is 1. The highest BCUT2D eigenvalue weighted by atomic mass is 16.5. The van der Waals surface area contributed by atoms with Gasteiger partial charge in [-0.15, -0.1) is 0 Å². The summed E-state index contributed by atoms with van der Waals surface area (Å²) in [5.41, 5.74) is 5.51. The van der Waals surface area contributed by atoms with Crippen molar-refractivity contribution in [2.45, 2.75) is 20.8 Å². The van der Waals surface area contributed by atoms with Crippen LogP contribution in [0.5, 0.6) is 0 Å². The van der Waals surface area contributed by atoms with Gasteiger partial charge in [-0.1, -0.05) is 17.3 Å². The Morgan fingerprint density at radius 1 is 1.12 bits per heavy atom. The number of nitrogens with zero attached hydrogens (tertiary/aromatic N) is 1. The second-order valence-electron chi connectivity index (χ2n) is 4.45. The molecule has 0 aliphatic rings. The lowest BCUT2D eigenvalue weighted by atomic mass is 10.0. The van der Waals surface area contributed by atoms with Gasteiger partial charge >= 0.3 is 0 Å². The molecule has 3 rings (SSSR count). The summed E-state index contributed by atoms with van der Waals surface area (Å²) in [6, 6.07) is 8.53. The normalized spacial score (nSPS) is 11.2. The zero-order chi connectivity index (χ0) is 12.0. The molecule has 0 spiro atoms. The van der Waals surface area contributed by atoms with Crippen LogP contribution in [0, 0.1) is 20.8 Å². The first-order valence-corrected chi connectivity index (χ1v) is 5.68. The molecule has 0 saturated heterocycles. The third-order valence-corrected chi connectivity index (χ3v) is 3.08. The van der Waals surface area contributed by atoms with Crippen LogP contribution < -0.4 is 0 Å². The molecular formula is C14H14N2O. The SMILES string of the molecule is Cc1cc2ccc(-c3c(C)noc3C)cc2[nH]1. The van der Waals surface area contributed by atoms with Gasteiger partial charge in [-0.3, -0.25) is 0 Å². The monoisotopic (exact) mass is 226 g/mol. The number of H-pyrrole nitrogens is 1. The third-order valence-electron chi connectivity index (χ3n) is 3.08. The highest BCUT2D eigenvalue weighted by Gasteiger charge is 2.11. The van der Waals surface area contributed by atoms with Crippen LogP contribution in [0.3, 0.4) is 0 Å². The van der Waals surface area contributed by atoms with E-state index in [1.165, 1.54) is 11.1 Å². The number of aromatic amines is 1. The maximum absolute atomic E-state index is 5.21. The molecule has 2 heterocycles. The minimum absolute atomic E-state index is 0.866. The van der Waals surface area contributed by atoms with E-state index in [1.54, 1.807) is 0 Å². The fourth-order valence-corrected chi connectivity index (χ4v) is 2.32. The Kier molecular flexibility index (Phi) is 2.08. The molecule has 0 aliphatic heterocycles. The summed E-state index contributed by atoms with van der Waals surface area (Å²) < 4.78 is 5.21. The quantitative estimate of drug-likeness (QED) is 0.686. The number of benzene rings is 1. The van der Waals surface area contributed by atoms with E-state index in [-0.39, 0.29) is 0 Å². The molecule has 1 N–H and O–H groups in total. The average Bonchev–Trinajstić information content (AvgIpc) is 2.80. The number of rotatable bonds is 1. The maximum atomic E-state index is 5.21. The van der Waals surface area contributed by atoms with E-state index in [4.69, 9.17) is 4.52 Å². The van der Waals surface area contributed by atoms with Crippen LogP contribution in [0.15, 0.2) is 28.8 Å². The van der Waals surface area contributed by atoms with E-state index in [1.807, 2.05) is 13.8 Å². The van der Waals surface area contributed by atoms with Gasteiger partial charge in [0.1, 0.15) is 5.76 Å². The van der Waals surface area contributed by atoms with E-state index in [0.717, 1.165) is 28.1 Å². The zero-order valence-corrected chi connectivity index (χ0v) is 10.2. The van der Waals surface area contributed by atoms with E-state index in [9.17, 15) is 0 Å². The predicted molar refractivity (Wildman–Crippen MR) is 68.0 cm³/mol. The van der Waals surface area contributed by atoms with Crippen LogP contribution in [-0.4, -0.2) is 10.1 Å². The summed E-state index contributed by atoms with van der Waals surface area (Å²) in [6.07, 6.45) is 0. The van der Waals surface area contributed by atoms with E-state index < -0.39 is 0 Å². The Morgan fingerprint density at radius 2 is 1.94 bits per heavy atom. The minimum Gasteiger partial charge on any atom is -0.361 e. The summed E-state index contributed by atoms with van der Waals surface area (Å²) >= 11 is 0. The molecular weight excluding hydrogens is 212 g/mol. The van der Waals surface area contributed by atoms with Crippen molar-refractivity contribution in [2.75, 3.05) is 0 Å². The van der Waals surface area contributed by atoms with Gasteiger partial charge in [-0.05, 0) is 43.9 Å². The molecule has 3 nitrogen and oxygen atoms in total. The van der Waals surface area contributed by atoms with Crippen molar-refractivity contribution < 1.29 is 4.52 Å². The fraction of sp³-hybridized carbons (Fsp3) is 0.214. The van der Waals surface area contributed by atoms with Crippen LogP contribution in [-0.2, 0) is 0 Å². The molecule has 17 heavy (non-hydrogen) atoms. The zero-order valence-electron chi connectivity index (χ0n) is 10.2. The summed E-state index contributed by atoms with van der Waals surface area (Å²) in [6.45, 7) is 5.98. The molecule has 0 saturated carbocycles. The van der Waals surface area contributed by atoms with Gasteiger partial charge in [0, 0.05) is 16.8 Å². The molecule has 0 atom stereocenters. The highest BCUT2D eigenvalue weighted by Crippen LogP contribution is 2.29. The van der Waals surface area contributed by atoms with Gasteiger partial charge in [-0.2, -0.15) is 0 Å². The number of nitrogens with one attached hydrogen (secondary N) is 1. The minimum atomic E-state index is 0.866. The van der Waals surface area contributed by atoms with Crippen LogP contribution in [0.1, 0.15) is 17.1 Å². The second-order valence-corrected chi connectivity index (χ2v) is 4.45. The van der Waals surface area contributed by atoms with Crippen molar-refractivity contribution >= 4 is 10.9 Å². The van der Waals surface area contributed by atoms with Gasteiger partial charge in [0.25, 0.3) is 0 Å². The first-order valence-electron chi connectivity index (χ1n) is 5.68. The molecule has 0 bridgehead atoms. The molecule has 0 radical (unpaired) electrons. The lowest BCUT2D eigenvalue weighted by molar-refractivity contribution is 0.393. The molecule has 86 valence electrons. The summed E-state index contributed by atoms with van der Waals surface area (Å²) in [4.78, 5) is 3.35. The molecule has 0 amide bonds. The fourth-order valence-electron chi connectivity index (χ4n) is 2.32. The standard InChI is InChI=1S/C14H14N2O/c1-8-6-11-4-5-12(7-13(11)15-8)14-9(2)16-17-10(14)3/h4-7,15H,1-3H3. The van der Waals surface area contributed by atoms with E-state index >= 15 is 0 Å². The smallest absolute Gasteiger partial charge is 0.141 e. The molecule has 3 aromatic rings.